The number of thiocarbonyl (C=S) groups is 1. The van der Waals surface area contributed by atoms with E-state index >= 15 is 0 Å². The molecule has 2 aromatic rings. The predicted octanol–water partition coefficient (Wildman–Crippen LogP) is 5.47. The van der Waals surface area contributed by atoms with Crippen LogP contribution in [0.25, 0.3) is 6.08 Å². The summed E-state index contributed by atoms with van der Waals surface area (Å²) in [5.41, 5.74) is -1.20. The molecule has 0 aromatic heterocycles. The van der Waals surface area contributed by atoms with Crippen LogP contribution in [0.4, 0.5) is 18.9 Å². The number of nitrogens with zero attached hydrogens (tertiary/aromatic N) is 2. The van der Waals surface area contributed by atoms with Crippen molar-refractivity contribution in [2.24, 2.45) is 0 Å². The van der Waals surface area contributed by atoms with Gasteiger partial charge in [-0.3, -0.25) is 24.6 Å². The van der Waals surface area contributed by atoms with Gasteiger partial charge in [0, 0.05) is 19.0 Å². The second-order valence-corrected chi connectivity index (χ2v) is 8.62. The molecular formula is C21H15F3N2O6S2. The molecule has 8 nitrogen and oxygen atoms in total. The lowest BCUT2D eigenvalue weighted by molar-refractivity contribution is -0.385. The summed E-state index contributed by atoms with van der Waals surface area (Å²) in [5, 5.41) is 20.3. The van der Waals surface area contributed by atoms with Crippen molar-refractivity contribution in [1.29, 1.82) is 0 Å². The summed E-state index contributed by atoms with van der Waals surface area (Å²) < 4.78 is 44.3. The Morgan fingerprint density at radius 3 is 2.65 bits per heavy atom. The van der Waals surface area contributed by atoms with Gasteiger partial charge in [0.2, 0.25) is 5.75 Å². The van der Waals surface area contributed by atoms with Crippen LogP contribution in [-0.2, 0) is 15.8 Å². The van der Waals surface area contributed by atoms with Gasteiger partial charge in [-0.05, 0) is 42.3 Å². The number of benzene rings is 2. The summed E-state index contributed by atoms with van der Waals surface area (Å²) >= 11 is 6.13. The number of amides is 1. The molecule has 34 heavy (non-hydrogen) atoms. The summed E-state index contributed by atoms with van der Waals surface area (Å²) in [4.78, 5) is 35.5. The third-order valence-electron chi connectivity index (χ3n) is 4.51. The van der Waals surface area contributed by atoms with Gasteiger partial charge in [0.05, 0.1) is 15.4 Å². The van der Waals surface area contributed by atoms with E-state index in [1.165, 1.54) is 29.2 Å². The van der Waals surface area contributed by atoms with E-state index in [2.05, 4.69) is 0 Å². The monoisotopic (exact) mass is 512 g/mol. The van der Waals surface area contributed by atoms with Gasteiger partial charge in [0.15, 0.2) is 0 Å². The summed E-state index contributed by atoms with van der Waals surface area (Å²) in [5.74, 6) is -1.95. The predicted molar refractivity (Wildman–Crippen MR) is 121 cm³/mol. The van der Waals surface area contributed by atoms with Crippen LogP contribution in [0.1, 0.15) is 24.0 Å². The number of carboxylic acid groups (broad SMARTS) is 1. The van der Waals surface area contributed by atoms with Crippen LogP contribution in [0.2, 0.25) is 0 Å². The van der Waals surface area contributed by atoms with Crippen molar-refractivity contribution in [3.8, 4) is 11.5 Å². The van der Waals surface area contributed by atoms with Gasteiger partial charge in [-0.1, -0.05) is 36.1 Å². The SMILES string of the molecule is O=C(O)CCCN1C(=O)C(=Cc2ccc(Oc3cccc(C(F)(F)F)c3)c([N+](=O)[O-])c2)SC1=S. The fraction of sp³-hybridized carbons (Fsp3) is 0.190. The Morgan fingerprint density at radius 2 is 2.00 bits per heavy atom. The Balaban J connectivity index is 1.83. The zero-order valence-corrected chi connectivity index (χ0v) is 18.7. The molecule has 3 rings (SSSR count). The molecule has 0 spiro atoms. The highest BCUT2D eigenvalue weighted by Gasteiger charge is 2.32. The first-order chi connectivity index (χ1) is 16.0. The van der Waals surface area contributed by atoms with E-state index in [0.717, 1.165) is 36.0 Å². The molecule has 0 aliphatic carbocycles. The maximum atomic E-state index is 12.9. The minimum absolute atomic E-state index is 0.123. The first-order valence-corrected chi connectivity index (χ1v) is 10.8. The van der Waals surface area contributed by atoms with Crippen molar-refractivity contribution in [3.05, 3.63) is 68.6 Å². The number of carbonyl (C=O) groups is 2. The number of thioether (sulfide) groups is 1. The Hall–Kier alpha value is -3.45. The first-order valence-electron chi connectivity index (χ1n) is 9.56. The molecule has 178 valence electrons. The third-order valence-corrected chi connectivity index (χ3v) is 5.89. The smallest absolute Gasteiger partial charge is 0.416 e. The van der Waals surface area contributed by atoms with E-state index in [-0.39, 0.29) is 45.7 Å². The second-order valence-electron chi connectivity index (χ2n) is 6.94. The van der Waals surface area contributed by atoms with Crippen LogP contribution >= 0.6 is 24.0 Å². The summed E-state index contributed by atoms with van der Waals surface area (Å²) in [6, 6.07) is 7.69. The molecule has 0 unspecified atom stereocenters. The summed E-state index contributed by atoms with van der Waals surface area (Å²) in [7, 11) is 0. The van der Waals surface area contributed by atoms with Gasteiger partial charge in [0.1, 0.15) is 10.1 Å². The number of hydrogen-bond acceptors (Lipinski definition) is 7. The normalized spacial score (nSPS) is 15.1. The number of carboxylic acids is 1. The maximum absolute atomic E-state index is 12.9. The van der Waals surface area contributed by atoms with Crippen molar-refractivity contribution in [2.75, 3.05) is 6.54 Å². The second kappa shape index (κ2) is 10.2. The minimum atomic E-state index is -4.60. The van der Waals surface area contributed by atoms with Crippen LogP contribution < -0.4 is 4.74 Å². The fourth-order valence-electron chi connectivity index (χ4n) is 2.95. The third kappa shape index (κ3) is 6.11. The molecule has 1 fully saturated rings. The molecular weight excluding hydrogens is 497 g/mol. The van der Waals surface area contributed by atoms with Gasteiger partial charge in [-0.25, -0.2) is 0 Å². The van der Waals surface area contributed by atoms with E-state index in [1.807, 2.05) is 0 Å². The largest absolute Gasteiger partial charge is 0.481 e. The van der Waals surface area contributed by atoms with Gasteiger partial charge in [-0.2, -0.15) is 13.2 Å². The number of rotatable bonds is 8. The van der Waals surface area contributed by atoms with Crippen molar-refractivity contribution < 1.29 is 37.5 Å². The molecule has 0 atom stereocenters. The molecule has 1 N–H and O–H groups in total. The van der Waals surface area contributed by atoms with Gasteiger partial charge in [-0.15, -0.1) is 0 Å². The maximum Gasteiger partial charge on any atom is 0.416 e. The molecule has 1 aliphatic rings. The average molecular weight is 512 g/mol. The van der Waals surface area contributed by atoms with Crippen LogP contribution in [0.3, 0.4) is 0 Å². The number of ether oxygens (including phenoxy) is 1. The molecule has 0 bridgehead atoms. The number of halogens is 3. The van der Waals surface area contributed by atoms with Crippen molar-refractivity contribution >= 4 is 51.9 Å². The quantitative estimate of drug-likeness (QED) is 0.215. The van der Waals surface area contributed by atoms with E-state index in [1.54, 1.807) is 0 Å². The number of hydrogen-bond donors (Lipinski definition) is 1. The Labute approximate surface area is 200 Å². The molecule has 0 saturated carbocycles. The van der Waals surface area contributed by atoms with Gasteiger partial charge >= 0.3 is 17.8 Å². The zero-order valence-electron chi connectivity index (χ0n) is 17.1. The molecule has 13 heteroatoms. The Kier molecular flexibility index (Phi) is 7.57. The highest BCUT2D eigenvalue weighted by Crippen LogP contribution is 2.37. The lowest BCUT2D eigenvalue weighted by atomic mass is 10.1. The average Bonchev–Trinajstić information content (AvgIpc) is 3.01. The number of nitro benzene ring substituents is 1. The van der Waals surface area contributed by atoms with Gasteiger partial charge in [0.25, 0.3) is 5.91 Å². The summed E-state index contributed by atoms with van der Waals surface area (Å²) in [6.45, 7) is 0.123. The molecule has 2 aromatic carbocycles. The number of nitro groups is 1. The molecule has 1 amide bonds. The van der Waals surface area contributed by atoms with Crippen LogP contribution in [0, 0.1) is 10.1 Å². The van der Waals surface area contributed by atoms with Crippen molar-refractivity contribution in [1.82, 2.24) is 4.90 Å². The van der Waals surface area contributed by atoms with E-state index in [9.17, 15) is 32.9 Å². The topological polar surface area (TPSA) is 110 Å². The number of carbonyl (C=O) groups excluding carboxylic acids is 1. The number of aliphatic carboxylic acids is 1. The lowest BCUT2D eigenvalue weighted by Crippen LogP contribution is -2.29. The van der Waals surface area contributed by atoms with E-state index in [4.69, 9.17) is 22.1 Å². The molecule has 0 radical (unpaired) electrons. The van der Waals surface area contributed by atoms with Crippen LogP contribution in [-0.4, -0.2) is 37.7 Å². The summed E-state index contributed by atoms with van der Waals surface area (Å²) in [6.07, 6.45) is -3.13. The van der Waals surface area contributed by atoms with Crippen LogP contribution in [0.5, 0.6) is 11.5 Å². The zero-order chi connectivity index (χ0) is 25.0. The van der Waals surface area contributed by atoms with Gasteiger partial charge < -0.3 is 9.84 Å². The number of alkyl halides is 3. The van der Waals surface area contributed by atoms with Crippen molar-refractivity contribution in [3.63, 3.8) is 0 Å². The Morgan fingerprint density at radius 1 is 1.26 bits per heavy atom. The molecule has 1 heterocycles. The van der Waals surface area contributed by atoms with E-state index in [0.29, 0.717) is 0 Å². The minimum Gasteiger partial charge on any atom is -0.481 e. The molecule has 1 aliphatic heterocycles. The molecule has 1 saturated heterocycles. The fourth-order valence-corrected chi connectivity index (χ4v) is 4.26. The lowest BCUT2D eigenvalue weighted by Gasteiger charge is -2.13. The highest BCUT2D eigenvalue weighted by molar-refractivity contribution is 8.26. The first kappa shape index (κ1) is 25.2. The van der Waals surface area contributed by atoms with Crippen LogP contribution in [0.15, 0.2) is 47.4 Å². The highest BCUT2D eigenvalue weighted by atomic mass is 32.2. The van der Waals surface area contributed by atoms with Crippen molar-refractivity contribution in [2.45, 2.75) is 19.0 Å². The standard InChI is InChI=1S/C21H15F3N2O6S2/c22-21(23,24)13-3-1-4-14(11-13)32-16-7-6-12(9-15(16)26(30)31)10-17-19(29)25(20(33)34-17)8-2-5-18(27)28/h1,3-4,6-7,9-11H,2,5,8H2,(H,27,28). The Bertz CT molecular complexity index is 1200. The van der Waals surface area contributed by atoms with E-state index < -0.39 is 34.2 Å².